The molecule has 1 atom stereocenters. The van der Waals surface area contributed by atoms with Gasteiger partial charge in [-0.25, -0.2) is 18.4 Å². The van der Waals surface area contributed by atoms with Crippen molar-refractivity contribution in [2.75, 3.05) is 29.2 Å². The average Bonchev–Trinajstić information content (AvgIpc) is 2.58. The lowest BCUT2D eigenvalue weighted by atomic mass is 10.2. The Kier molecular flexibility index (Phi) is 2.95. The molecule has 1 fully saturated rings. The molecular weight excluding hydrogens is 228 g/mol. The number of hydrogen-bond donors (Lipinski definition) is 2. The van der Waals surface area contributed by atoms with Gasteiger partial charge in [-0.05, 0) is 6.42 Å². The molecule has 1 aliphatic rings. The van der Waals surface area contributed by atoms with Crippen LogP contribution in [0.5, 0.6) is 0 Å². The summed E-state index contributed by atoms with van der Waals surface area (Å²) in [7, 11) is -1.08. The number of anilines is 2. The molecule has 2 rings (SSSR count). The lowest BCUT2D eigenvalue weighted by Gasteiger charge is -2.11. The topological polar surface area (TPSA) is 84.0 Å². The van der Waals surface area contributed by atoms with E-state index in [0.29, 0.717) is 18.1 Å². The monoisotopic (exact) mass is 242 g/mol. The summed E-state index contributed by atoms with van der Waals surface area (Å²) < 4.78 is 22.5. The van der Waals surface area contributed by atoms with Gasteiger partial charge in [0.1, 0.15) is 18.0 Å². The van der Waals surface area contributed by atoms with Crippen LogP contribution in [-0.4, -0.2) is 43.0 Å². The fourth-order valence-corrected chi connectivity index (χ4v) is 3.36. The fraction of sp³-hybridized carbons (Fsp3) is 0.556. The second kappa shape index (κ2) is 4.25. The Morgan fingerprint density at radius 2 is 2.12 bits per heavy atom. The molecule has 16 heavy (non-hydrogen) atoms. The third-order valence-corrected chi connectivity index (χ3v) is 4.28. The van der Waals surface area contributed by atoms with Crippen LogP contribution in [0.1, 0.15) is 6.42 Å². The van der Waals surface area contributed by atoms with Gasteiger partial charge in [-0.15, -0.1) is 0 Å². The maximum atomic E-state index is 11.3. The van der Waals surface area contributed by atoms with E-state index in [9.17, 15) is 8.42 Å². The van der Waals surface area contributed by atoms with Crippen LogP contribution < -0.4 is 10.6 Å². The normalized spacial score (nSPS) is 22.9. The maximum absolute atomic E-state index is 11.3. The lowest BCUT2D eigenvalue weighted by Crippen LogP contribution is -2.21. The molecule has 1 aliphatic heterocycles. The first-order valence-electron chi connectivity index (χ1n) is 5.06. The molecule has 0 spiro atoms. The SMILES string of the molecule is CNc1cc(N[C@@H]2CCS(=O)(=O)C2)ncn1. The van der Waals surface area contributed by atoms with E-state index in [1.54, 1.807) is 13.1 Å². The van der Waals surface area contributed by atoms with E-state index in [1.807, 2.05) is 0 Å². The van der Waals surface area contributed by atoms with Crippen molar-refractivity contribution >= 4 is 21.5 Å². The molecule has 1 aromatic rings. The van der Waals surface area contributed by atoms with E-state index in [0.717, 1.165) is 0 Å². The third-order valence-electron chi connectivity index (χ3n) is 2.51. The van der Waals surface area contributed by atoms with Gasteiger partial charge in [0.05, 0.1) is 11.5 Å². The second-order valence-corrected chi connectivity index (χ2v) is 6.01. The van der Waals surface area contributed by atoms with Crippen molar-refractivity contribution in [2.45, 2.75) is 12.5 Å². The minimum atomic E-state index is -2.85. The van der Waals surface area contributed by atoms with Crippen LogP contribution in [0.25, 0.3) is 0 Å². The van der Waals surface area contributed by atoms with Crippen molar-refractivity contribution in [3.8, 4) is 0 Å². The summed E-state index contributed by atoms with van der Waals surface area (Å²) in [6.07, 6.45) is 2.08. The summed E-state index contributed by atoms with van der Waals surface area (Å²) in [6, 6.07) is 1.72. The Labute approximate surface area is 94.4 Å². The van der Waals surface area contributed by atoms with Crippen LogP contribution in [0.15, 0.2) is 12.4 Å². The van der Waals surface area contributed by atoms with Crippen molar-refractivity contribution in [1.82, 2.24) is 9.97 Å². The van der Waals surface area contributed by atoms with E-state index >= 15 is 0 Å². The van der Waals surface area contributed by atoms with Crippen LogP contribution in [0.2, 0.25) is 0 Å². The third kappa shape index (κ3) is 2.60. The number of hydrogen-bond acceptors (Lipinski definition) is 6. The Morgan fingerprint density at radius 3 is 2.75 bits per heavy atom. The molecule has 7 heteroatoms. The van der Waals surface area contributed by atoms with Crippen molar-refractivity contribution in [2.24, 2.45) is 0 Å². The first kappa shape index (κ1) is 11.1. The molecule has 0 aromatic carbocycles. The molecule has 1 aromatic heterocycles. The van der Waals surface area contributed by atoms with E-state index < -0.39 is 9.84 Å². The molecule has 1 saturated heterocycles. The van der Waals surface area contributed by atoms with Gasteiger partial charge in [0.15, 0.2) is 9.84 Å². The lowest BCUT2D eigenvalue weighted by molar-refractivity contribution is 0.602. The van der Waals surface area contributed by atoms with E-state index in [-0.39, 0.29) is 17.5 Å². The summed E-state index contributed by atoms with van der Waals surface area (Å²) in [6.45, 7) is 0. The van der Waals surface area contributed by atoms with Gasteiger partial charge in [-0.1, -0.05) is 0 Å². The number of sulfone groups is 1. The standard InChI is InChI=1S/C9H14N4O2S/c1-10-8-4-9(12-6-11-8)13-7-2-3-16(14,15)5-7/h4,6-7H,2-3,5H2,1H3,(H2,10,11,12,13)/t7-/m1/s1. The molecule has 0 unspecified atom stereocenters. The van der Waals surface area contributed by atoms with Crippen molar-refractivity contribution in [1.29, 1.82) is 0 Å². The van der Waals surface area contributed by atoms with Crippen LogP contribution >= 0.6 is 0 Å². The van der Waals surface area contributed by atoms with Gasteiger partial charge in [0, 0.05) is 19.2 Å². The minimum absolute atomic E-state index is 0.0374. The Morgan fingerprint density at radius 1 is 1.38 bits per heavy atom. The van der Waals surface area contributed by atoms with Gasteiger partial charge >= 0.3 is 0 Å². The molecule has 6 nitrogen and oxygen atoms in total. The average molecular weight is 242 g/mol. The molecular formula is C9H14N4O2S. The van der Waals surface area contributed by atoms with E-state index in [1.165, 1.54) is 6.33 Å². The van der Waals surface area contributed by atoms with Crippen molar-refractivity contribution in [3.05, 3.63) is 12.4 Å². The number of nitrogens with zero attached hydrogens (tertiary/aromatic N) is 2. The Balaban J connectivity index is 2.04. The van der Waals surface area contributed by atoms with Crippen LogP contribution in [0.4, 0.5) is 11.6 Å². The van der Waals surface area contributed by atoms with E-state index in [4.69, 9.17) is 0 Å². The molecule has 2 heterocycles. The van der Waals surface area contributed by atoms with Crippen molar-refractivity contribution in [3.63, 3.8) is 0 Å². The summed E-state index contributed by atoms with van der Waals surface area (Å²) in [4.78, 5) is 8.02. The fourth-order valence-electron chi connectivity index (χ4n) is 1.69. The summed E-state index contributed by atoms with van der Waals surface area (Å²) in [5, 5.41) is 6.00. The highest BCUT2D eigenvalue weighted by Gasteiger charge is 2.27. The molecule has 0 bridgehead atoms. The zero-order chi connectivity index (χ0) is 11.6. The Hall–Kier alpha value is -1.37. The quantitative estimate of drug-likeness (QED) is 0.783. The molecule has 0 amide bonds. The van der Waals surface area contributed by atoms with Crippen LogP contribution in [0, 0.1) is 0 Å². The first-order valence-corrected chi connectivity index (χ1v) is 6.88. The summed E-state index contributed by atoms with van der Waals surface area (Å²) >= 11 is 0. The van der Waals surface area contributed by atoms with Gasteiger partial charge < -0.3 is 10.6 Å². The van der Waals surface area contributed by atoms with Gasteiger partial charge in [-0.2, -0.15) is 0 Å². The minimum Gasteiger partial charge on any atom is -0.373 e. The predicted octanol–water partition coefficient (Wildman–Crippen LogP) is 0.117. The Bertz CT molecular complexity index is 474. The highest BCUT2D eigenvalue weighted by molar-refractivity contribution is 7.91. The molecule has 88 valence electrons. The highest BCUT2D eigenvalue weighted by Crippen LogP contribution is 2.16. The largest absolute Gasteiger partial charge is 0.373 e. The zero-order valence-electron chi connectivity index (χ0n) is 8.97. The zero-order valence-corrected chi connectivity index (χ0v) is 9.79. The van der Waals surface area contributed by atoms with Crippen LogP contribution in [0.3, 0.4) is 0 Å². The number of aromatic nitrogens is 2. The molecule has 0 radical (unpaired) electrons. The van der Waals surface area contributed by atoms with Gasteiger partial charge in [-0.3, -0.25) is 0 Å². The smallest absolute Gasteiger partial charge is 0.152 e. The molecule has 2 N–H and O–H groups in total. The maximum Gasteiger partial charge on any atom is 0.152 e. The van der Waals surface area contributed by atoms with Crippen LogP contribution in [-0.2, 0) is 9.84 Å². The summed E-state index contributed by atoms with van der Waals surface area (Å²) in [5.74, 6) is 1.81. The molecule has 0 aliphatic carbocycles. The first-order chi connectivity index (χ1) is 7.59. The van der Waals surface area contributed by atoms with Gasteiger partial charge in [0.25, 0.3) is 0 Å². The van der Waals surface area contributed by atoms with Gasteiger partial charge in [0.2, 0.25) is 0 Å². The molecule has 0 saturated carbocycles. The second-order valence-electron chi connectivity index (χ2n) is 3.78. The summed E-state index contributed by atoms with van der Waals surface area (Å²) in [5.41, 5.74) is 0. The number of nitrogens with one attached hydrogen (secondary N) is 2. The van der Waals surface area contributed by atoms with E-state index in [2.05, 4.69) is 20.6 Å². The number of rotatable bonds is 3. The highest BCUT2D eigenvalue weighted by atomic mass is 32.2. The predicted molar refractivity (Wildman–Crippen MR) is 62.3 cm³/mol. The van der Waals surface area contributed by atoms with Crippen molar-refractivity contribution < 1.29 is 8.42 Å².